The Kier molecular flexibility index (Phi) is 5.38. The second-order valence-corrected chi connectivity index (χ2v) is 6.97. The molecular weight excluding hydrogens is 304 g/mol. The van der Waals surface area contributed by atoms with Gasteiger partial charge in [0.25, 0.3) is 0 Å². The molecule has 0 atom stereocenters. The van der Waals surface area contributed by atoms with Crippen molar-refractivity contribution >= 4 is 21.6 Å². The fraction of sp³-hybridized carbons (Fsp3) is 0.500. The average Bonchev–Trinajstić information content (AvgIpc) is 2.55. The van der Waals surface area contributed by atoms with Crippen molar-refractivity contribution in [2.75, 3.05) is 51.7 Å². The molecule has 1 saturated heterocycles. The van der Waals surface area contributed by atoms with E-state index in [4.69, 9.17) is 0 Å². The molecule has 2 N–H and O–H groups in total. The van der Waals surface area contributed by atoms with Gasteiger partial charge in [-0.2, -0.15) is 0 Å². The summed E-state index contributed by atoms with van der Waals surface area (Å²) in [5, 5.41) is 2.61. The molecule has 0 spiro atoms. The van der Waals surface area contributed by atoms with Gasteiger partial charge in [-0.15, -0.1) is 0 Å². The summed E-state index contributed by atoms with van der Waals surface area (Å²) in [5.74, 6) is -0.00777. The Morgan fingerprint density at radius 3 is 2.36 bits per heavy atom. The molecule has 0 aliphatic carbocycles. The maximum absolute atomic E-state index is 12.1. The summed E-state index contributed by atoms with van der Waals surface area (Å²) in [7, 11) is -0.451. The molecule has 1 heterocycles. The van der Waals surface area contributed by atoms with Gasteiger partial charge in [0.15, 0.2) is 0 Å². The van der Waals surface area contributed by atoms with Crippen LogP contribution in [0, 0.1) is 0 Å². The molecule has 1 aromatic carbocycles. The van der Waals surface area contributed by atoms with E-state index < -0.39 is 10.0 Å². The minimum Gasteiger partial charge on any atom is -0.368 e. The van der Waals surface area contributed by atoms with Gasteiger partial charge < -0.3 is 10.2 Å². The van der Waals surface area contributed by atoms with Crippen molar-refractivity contribution in [2.45, 2.75) is 4.90 Å². The monoisotopic (exact) mass is 326 g/mol. The first-order valence-corrected chi connectivity index (χ1v) is 8.66. The van der Waals surface area contributed by atoms with Gasteiger partial charge in [-0.3, -0.25) is 9.69 Å². The molecular formula is C14H22N4O3S. The van der Waals surface area contributed by atoms with Crippen molar-refractivity contribution in [2.24, 2.45) is 0 Å². The minimum absolute atomic E-state index is 0.00777. The number of anilines is 1. The number of sulfonamides is 1. The van der Waals surface area contributed by atoms with E-state index >= 15 is 0 Å². The standard InChI is InChI=1S/C14H22N4O3S/c1-15-14(19)11-17-7-9-18(10-8-17)12-5-3-4-6-13(12)22(20,21)16-2/h3-6,16H,7-11H2,1-2H3,(H,15,19). The minimum atomic E-state index is -3.48. The van der Waals surface area contributed by atoms with Crippen LogP contribution >= 0.6 is 0 Å². The number of para-hydroxylation sites is 1. The number of carbonyl (C=O) groups is 1. The maximum atomic E-state index is 12.1. The SMILES string of the molecule is CNC(=O)CN1CCN(c2ccccc2S(=O)(=O)NC)CC1. The van der Waals surface area contributed by atoms with E-state index in [9.17, 15) is 13.2 Å². The van der Waals surface area contributed by atoms with Crippen molar-refractivity contribution in [3.05, 3.63) is 24.3 Å². The third-order valence-corrected chi connectivity index (χ3v) is 5.24. The Hall–Kier alpha value is -1.64. The van der Waals surface area contributed by atoms with E-state index in [-0.39, 0.29) is 10.8 Å². The number of likely N-dealkylation sites (N-methyl/N-ethyl adjacent to an activating group) is 1. The number of carbonyl (C=O) groups excluding carboxylic acids is 1. The lowest BCUT2D eigenvalue weighted by molar-refractivity contribution is -0.121. The van der Waals surface area contributed by atoms with Crippen LogP contribution in [0.25, 0.3) is 0 Å². The summed E-state index contributed by atoms with van der Waals surface area (Å²) in [4.78, 5) is 15.8. The second-order valence-electron chi connectivity index (χ2n) is 5.11. The van der Waals surface area contributed by atoms with Gasteiger partial charge >= 0.3 is 0 Å². The lowest BCUT2D eigenvalue weighted by Gasteiger charge is -2.36. The molecule has 22 heavy (non-hydrogen) atoms. The summed E-state index contributed by atoms with van der Waals surface area (Å²) >= 11 is 0. The molecule has 1 aliphatic rings. The number of piperazine rings is 1. The van der Waals surface area contributed by atoms with Crippen LogP contribution in [0.2, 0.25) is 0 Å². The molecule has 0 unspecified atom stereocenters. The molecule has 0 bridgehead atoms. The first kappa shape index (κ1) is 16.7. The molecule has 0 saturated carbocycles. The fourth-order valence-corrected chi connectivity index (χ4v) is 3.43. The second kappa shape index (κ2) is 7.08. The largest absolute Gasteiger partial charge is 0.368 e. The topological polar surface area (TPSA) is 81.8 Å². The summed E-state index contributed by atoms with van der Waals surface area (Å²) in [6.07, 6.45) is 0. The normalized spacial score (nSPS) is 16.5. The zero-order valence-electron chi connectivity index (χ0n) is 12.9. The quantitative estimate of drug-likeness (QED) is 0.760. The van der Waals surface area contributed by atoms with E-state index in [0.717, 1.165) is 13.1 Å². The third-order valence-electron chi connectivity index (χ3n) is 3.78. The molecule has 8 heteroatoms. The first-order valence-electron chi connectivity index (χ1n) is 7.18. The summed E-state index contributed by atoms with van der Waals surface area (Å²) < 4.78 is 26.6. The van der Waals surface area contributed by atoms with Crippen LogP contribution in [0.3, 0.4) is 0 Å². The van der Waals surface area contributed by atoms with Crippen LogP contribution in [-0.4, -0.2) is 66.0 Å². The number of nitrogens with zero attached hydrogens (tertiary/aromatic N) is 2. The average molecular weight is 326 g/mol. The van der Waals surface area contributed by atoms with Crippen LogP contribution in [0.1, 0.15) is 0 Å². The van der Waals surface area contributed by atoms with Crippen molar-refractivity contribution in [3.8, 4) is 0 Å². The lowest BCUT2D eigenvalue weighted by Crippen LogP contribution is -2.49. The lowest BCUT2D eigenvalue weighted by atomic mass is 10.2. The van der Waals surface area contributed by atoms with E-state index in [1.54, 1.807) is 19.2 Å². The Labute approximate surface area is 131 Å². The van der Waals surface area contributed by atoms with Gasteiger partial charge in [-0.25, -0.2) is 13.1 Å². The first-order chi connectivity index (χ1) is 10.5. The maximum Gasteiger partial charge on any atom is 0.242 e. The van der Waals surface area contributed by atoms with Crippen LogP contribution in [0.4, 0.5) is 5.69 Å². The van der Waals surface area contributed by atoms with Crippen molar-refractivity contribution in [1.29, 1.82) is 0 Å². The van der Waals surface area contributed by atoms with E-state index in [2.05, 4.69) is 14.9 Å². The Morgan fingerprint density at radius 2 is 1.77 bits per heavy atom. The predicted molar refractivity (Wildman–Crippen MR) is 85.4 cm³/mol. The van der Waals surface area contributed by atoms with E-state index in [0.29, 0.717) is 25.3 Å². The molecule has 2 rings (SSSR count). The zero-order chi connectivity index (χ0) is 16.2. The summed E-state index contributed by atoms with van der Waals surface area (Å²) in [6.45, 7) is 3.20. The van der Waals surface area contributed by atoms with Crippen molar-refractivity contribution in [3.63, 3.8) is 0 Å². The number of hydrogen-bond acceptors (Lipinski definition) is 5. The van der Waals surface area contributed by atoms with Crippen LogP contribution in [0.15, 0.2) is 29.2 Å². The van der Waals surface area contributed by atoms with E-state index in [1.807, 2.05) is 17.0 Å². The summed E-state index contributed by atoms with van der Waals surface area (Å²) in [6, 6.07) is 6.98. The Morgan fingerprint density at radius 1 is 1.14 bits per heavy atom. The van der Waals surface area contributed by atoms with Gasteiger partial charge in [-0.1, -0.05) is 12.1 Å². The molecule has 0 aromatic heterocycles. The molecule has 0 radical (unpaired) electrons. The van der Waals surface area contributed by atoms with Crippen LogP contribution < -0.4 is 14.9 Å². The highest BCUT2D eigenvalue weighted by Crippen LogP contribution is 2.25. The number of amides is 1. The summed E-state index contributed by atoms with van der Waals surface area (Å²) in [5.41, 5.74) is 0.705. The Bertz CT molecular complexity index is 625. The molecule has 7 nitrogen and oxygen atoms in total. The smallest absolute Gasteiger partial charge is 0.242 e. The van der Waals surface area contributed by atoms with Crippen molar-refractivity contribution in [1.82, 2.24) is 14.9 Å². The molecule has 1 amide bonds. The van der Waals surface area contributed by atoms with Gasteiger partial charge in [-0.05, 0) is 19.2 Å². The highest BCUT2D eigenvalue weighted by atomic mass is 32.2. The highest BCUT2D eigenvalue weighted by molar-refractivity contribution is 7.89. The van der Waals surface area contributed by atoms with Gasteiger partial charge in [0.2, 0.25) is 15.9 Å². The number of rotatable bonds is 5. The Balaban J connectivity index is 2.11. The number of benzene rings is 1. The van der Waals surface area contributed by atoms with Gasteiger partial charge in [0, 0.05) is 33.2 Å². The molecule has 1 fully saturated rings. The van der Waals surface area contributed by atoms with Crippen LogP contribution in [0.5, 0.6) is 0 Å². The number of hydrogen-bond donors (Lipinski definition) is 2. The van der Waals surface area contributed by atoms with Gasteiger partial charge in [0.05, 0.1) is 12.2 Å². The van der Waals surface area contributed by atoms with E-state index in [1.165, 1.54) is 7.05 Å². The van der Waals surface area contributed by atoms with Gasteiger partial charge in [0.1, 0.15) is 4.90 Å². The third kappa shape index (κ3) is 3.76. The van der Waals surface area contributed by atoms with Crippen LogP contribution in [-0.2, 0) is 14.8 Å². The zero-order valence-corrected chi connectivity index (χ0v) is 13.7. The van der Waals surface area contributed by atoms with Crippen molar-refractivity contribution < 1.29 is 13.2 Å². The fourth-order valence-electron chi connectivity index (χ4n) is 2.48. The highest BCUT2D eigenvalue weighted by Gasteiger charge is 2.24. The predicted octanol–water partition coefficient (Wildman–Crippen LogP) is -0.537. The molecule has 1 aromatic rings. The molecule has 122 valence electrons. The number of nitrogens with one attached hydrogen (secondary N) is 2. The molecule has 1 aliphatic heterocycles.